The fourth-order valence-electron chi connectivity index (χ4n) is 1.65. The quantitative estimate of drug-likeness (QED) is 0.660. The molecule has 2 aromatic carbocycles. The molecule has 0 aliphatic rings. The standard InChI is InChI=1S/C13H8ClF3N2S/c14-6-2-1-3-8(10(6)13(18)20)19-9-5-4-7(15)11(16)12(9)17/h1-5,19H,(H2,18,20). The van der Waals surface area contributed by atoms with Gasteiger partial charge in [0.15, 0.2) is 17.5 Å². The van der Waals surface area contributed by atoms with Crippen molar-refractivity contribution < 1.29 is 13.2 Å². The van der Waals surface area contributed by atoms with Gasteiger partial charge in [0.2, 0.25) is 0 Å². The summed E-state index contributed by atoms with van der Waals surface area (Å²) >= 11 is 10.8. The number of nitrogens with two attached hydrogens (primary N) is 1. The fourth-order valence-corrected chi connectivity index (χ4v) is 2.20. The van der Waals surface area contributed by atoms with Crippen molar-refractivity contribution in [2.75, 3.05) is 5.32 Å². The van der Waals surface area contributed by atoms with Crippen LogP contribution in [0.25, 0.3) is 0 Å². The molecule has 0 aliphatic carbocycles. The van der Waals surface area contributed by atoms with Gasteiger partial charge in [0, 0.05) is 0 Å². The molecular weight excluding hydrogens is 309 g/mol. The second-order valence-corrected chi connectivity index (χ2v) is 4.72. The van der Waals surface area contributed by atoms with E-state index in [0.29, 0.717) is 11.3 Å². The van der Waals surface area contributed by atoms with E-state index in [0.717, 1.165) is 12.1 Å². The van der Waals surface area contributed by atoms with Crippen molar-refractivity contribution in [2.24, 2.45) is 5.73 Å². The minimum Gasteiger partial charge on any atom is -0.389 e. The van der Waals surface area contributed by atoms with E-state index in [-0.39, 0.29) is 15.7 Å². The van der Waals surface area contributed by atoms with E-state index in [4.69, 9.17) is 29.6 Å². The number of anilines is 2. The molecule has 2 nitrogen and oxygen atoms in total. The van der Waals surface area contributed by atoms with Crippen molar-refractivity contribution in [3.8, 4) is 0 Å². The second-order valence-electron chi connectivity index (χ2n) is 3.87. The molecule has 2 aromatic rings. The summed E-state index contributed by atoms with van der Waals surface area (Å²) < 4.78 is 39.6. The third kappa shape index (κ3) is 2.71. The molecule has 0 spiro atoms. The maximum atomic E-state index is 13.6. The number of benzene rings is 2. The summed E-state index contributed by atoms with van der Waals surface area (Å²) in [6, 6.07) is 6.57. The highest BCUT2D eigenvalue weighted by Gasteiger charge is 2.16. The molecule has 0 atom stereocenters. The third-order valence-electron chi connectivity index (χ3n) is 2.56. The van der Waals surface area contributed by atoms with Crippen LogP contribution in [0.3, 0.4) is 0 Å². The first-order valence-corrected chi connectivity index (χ1v) is 6.19. The van der Waals surface area contributed by atoms with Crippen LogP contribution >= 0.6 is 23.8 Å². The van der Waals surface area contributed by atoms with Gasteiger partial charge in [-0.05, 0) is 24.3 Å². The van der Waals surface area contributed by atoms with Gasteiger partial charge in [-0.25, -0.2) is 13.2 Å². The first-order chi connectivity index (χ1) is 9.41. The molecule has 104 valence electrons. The second kappa shape index (κ2) is 5.68. The molecule has 20 heavy (non-hydrogen) atoms. The van der Waals surface area contributed by atoms with Crippen LogP contribution in [-0.4, -0.2) is 4.99 Å². The van der Waals surface area contributed by atoms with Gasteiger partial charge in [-0.2, -0.15) is 0 Å². The zero-order chi connectivity index (χ0) is 14.9. The highest BCUT2D eigenvalue weighted by atomic mass is 35.5. The van der Waals surface area contributed by atoms with Gasteiger partial charge >= 0.3 is 0 Å². The Balaban J connectivity index is 2.48. The summed E-state index contributed by atoms with van der Waals surface area (Å²) in [4.78, 5) is 0.00101. The molecule has 0 fully saturated rings. The summed E-state index contributed by atoms with van der Waals surface area (Å²) in [5, 5.41) is 2.87. The van der Waals surface area contributed by atoms with Gasteiger partial charge in [-0.15, -0.1) is 0 Å². The predicted molar refractivity (Wildman–Crippen MR) is 76.9 cm³/mol. The Labute approximate surface area is 123 Å². The number of hydrogen-bond donors (Lipinski definition) is 2. The molecular formula is C13H8ClF3N2S. The van der Waals surface area contributed by atoms with Gasteiger partial charge in [0.05, 0.1) is 22.0 Å². The van der Waals surface area contributed by atoms with E-state index >= 15 is 0 Å². The Kier molecular flexibility index (Phi) is 4.15. The number of rotatable bonds is 3. The van der Waals surface area contributed by atoms with E-state index in [2.05, 4.69) is 5.32 Å². The molecule has 0 unspecified atom stereocenters. The van der Waals surface area contributed by atoms with Crippen molar-refractivity contribution in [3.63, 3.8) is 0 Å². The van der Waals surface area contributed by atoms with Crippen LogP contribution < -0.4 is 11.1 Å². The van der Waals surface area contributed by atoms with Gasteiger partial charge in [0.25, 0.3) is 0 Å². The monoisotopic (exact) mass is 316 g/mol. The first-order valence-electron chi connectivity index (χ1n) is 5.40. The molecule has 0 radical (unpaired) electrons. The first kappa shape index (κ1) is 14.6. The van der Waals surface area contributed by atoms with E-state index in [1.54, 1.807) is 18.2 Å². The van der Waals surface area contributed by atoms with E-state index in [1.807, 2.05) is 0 Å². The van der Waals surface area contributed by atoms with Crippen molar-refractivity contribution in [1.29, 1.82) is 0 Å². The predicted octanol–water partition coefficient (Wildman–Crippen LogP) is 4.14. The molecule has 0 amide bonds. The lowest BCUT2D eigenvalue weighted by Crippen LogP contribution is -2.13. The molecule has 3 N–H and O–H groups in total. The average Bonchev–Trinajstić information content (AvgIpc) is 2.39. The topological polar surface area (TPSA) is 38.0 Å². The molecule has 0 aromatic heterocycles. The minimum atomic E-state index is -1.56. The van der Waals surface area contributed by atoms with Crippen molar-refractivity contribution in [3.05, 3.63) is 58.4 Å². The summed E-state index contributed by atoms with van der Waals surface area (Å²) in [5.74, 6) is -4.17. The Hall–Kier alpha value is -1.79. The highest BCUT2D eigenvalue weighted by Crippen LogP contribution is 2.29. The molecule has 0 aliphatic heterocycles. The van der Waals surface area contributed by atoms with E-state index in [9.17, 15) is 13.2 Å². The van der Waals surface area contributed by atoms with Crippen molar-refractivity contribution in [1.82, 2.24) is 0 Å². The van der Waals surface area contributed by atoms with Gasteiger partial charge in [0.1, 0.15) is 4.99 Å². The molecule has 0 saturated carbocycles. The van der Waals surface area contributed by atoms with E-state index in [1.165, 1.54) is 0 Å². The summed E-state index contributed by atoms with van der Waals surface area (Å²) in [6.45, 7) is 0. The summed E-state index contributed by atoms with van der Waals surface area (Å²) in [6.07, 6.45) is 0. The SMILES string of the molecule is NC(=S)c1c(Cl)cccc1Nc1ccc(F)c(F)c1F. The zero-order valence-electron chi connectivity index (χ0n) is 9.88. The van der Waals surface area contributed by atoms with Crippen LogP contribution in [0.15, 0.2) is 30.3 Å². The lowest BCUT2D eigenvalue weighted by molar-refractivity contribution is 0.449. The van der Waals surface area contributed by atoms with Gasteiger partial charge in [-0.3, -0.25) is 0 Å². The maximum Gasteiger partial charge on any atom is 0.196 e. The lowest BCUT2D eigenvalue weighted by atomic mass is 10.1. The molecule has 0 bridgehead atoms. The van der Waals surface area contributed by atoms with Crippen molar-refractivity contribution in [2.45, 2.75) is 0 Å². The largest absolute Gasteiger partial charge is 0.389 e. The smallest absolute Gasteiger partial charge is 0.196 e. The summed E-state index contributed by atoms with van der Waals surface area (Å²) in [7, 11) is 0. The number of thiocarbonyl (C=S) groups is 1. The van der Waals surface area contributed by atoms with E-state index < -0.39 is 17.5 Å². The molecule has 0 heterocycles. The van der Waals surface area contributed by atoms with Gasteiger partial charge in [-0.1, -0.05) is 29.9 Å². The van der Waals surface area contributed by atoms with Crippen LogP contribution in [-0.2, 0) is 0 Å². The minimum absolute atomic E-state index is 0.00101. The number of nitrogens with one attached hydrogen (secondary N) is 1. The summed E-state index contributed by atoms with van der Waals surface area (Å²) in [5.41, 5.74) is 5.89. The number of hydrogen-bond acceptors (Lipinski definition) is 2. The normalized spacial score (nSPS) is 10.4. The molecule has 2 rings (SSSR count). The molecule has 0 saturated heterocycles. The van der Waals surface area contributed by atoms with Crippen LogP contribution in [0.1, 0.15) is 5.56 Å². The highest BCUT2D eigenvalue weighted by molar-refractivity contribution is 7.80. The Morgan fingerprint density at radius 2 is 1.75 bits per heavy atom. The lowest BCUT2D eigenvalue weighted by Gasteiger charge is -2.13. The third-order valence-corrected chi connectivity index (χ3v) is 3.08. The zero-order valence-corrected chi connectivity index (χ0v) is 11.5. The van der Waals surface area contributed by atoms with Crippen LogP contribution in [0.2, 0.25) is 5.02 Å². The molecule has 7 heteroatoms. The van der Waals surface area contributed by atoms with Crippen LogP contribution in [0, 0.1) is 17.5 Å². The Morgan fingerprint density at radius 3 is 2.40 bits per heavy atom. The van der Waals surface area contributed by atoms with Crippen LogP contribution in [0.4, 0.5) is 24.5 Å². The Bertz CT molecular complexity index is 692. The Morgan fingerprint density at radius 1 is 1.05 bits per heavy atom. The van der Waals surface area contributed by atoms with Crippen molar-refractivity contribution >= 4 is 40.2 Å². The van der Waals surface area contributed by atoms with Gasteiger partial charge < -0.3 is 11.1 Å². The maximum absolute atomic E-state index is 13.6. The average molecular weight is 317 g/mol. The fraction of sp³-hybridized carbons (Fsp3) is 0. The van der Waals surface area contributed by atoms with Crippen LogP contribution in [0.5, 0.6) is 0 Å². The number of halogens is 4.